The van der Waals surface area contributed by atoms with Crippen LogP contribution in [0.15, 0.2) is 30.5 Å². The third-order valence-corrected chi connectivity index (χ3v) is 6.12. The molecule has 1 N–H and O–H groups in total. The van der Waals surface area contributed by atoms with Gasteiger partial charge in [0.15, 0.2) is 5.13 Å². The fraction of sp³-hybridized carbons (Fsp3) is 0.250. The molecule has 0 spiro atoms. The summed E-state index contributed by atoms with van der Waals surface area (Å²) in [5.74, 6) is 0.809. The van der Waals surface area contributed by atoms with Crippen LogP contribution >= 0.6 is 27.3 Å². The van der Waals surface area contributed by atoms with Crippen molar-refractivity contribution in [2.24, 2.45) is 0 Å². The van der Waals surface area contributed by atoms with E-state index in [1.807, 2.05) is 24.3 Å². The summed E-state index contributed by atoms with van der Waals surface area (Å²) >= 11 is 4.24. The molecule has 0 saturated heterocycles. The first-order chi connectivity index (χ1) is 9.52. The molecule has 2 rings (SSSR count). The molecule has 0 atom stereocenters. The molecule has 108 valence electrons. The predicted octanol–water partition coefficient (Wildman–Crippen LogP) is 2.84. The second kappa shape index (κ2) is 6.55. The fourth-order valence-corrected chi connectivity index (χ4v) is 3.50. The summed E-state index contributed by atoms with van der Waals surface area (Å²) in [4.78, 5) is 5.05. The summed E-state index contributed by atoms with van der Waals surface area (Å²) in [5, 5.41) is 0.382. The van der Waals surface area contributed by atoms with E-state index in [-0.39, 0.29) is 4.66 Å². The van der Waals surface area contributed by atoms with E-state index in [0.717, 1.165) is 16.2 Å². The van der Waals surface area contributed by atoms with Crippen molar-refractivity contribution in [1.82, 2.24) is 4.98 Å². The van der Waals surface area contributed by atoms with Crippen molar-refractivity contribution < 1.29 is 13.2 Å². The minimum absolute atomic E-state index is 0.145. The standard InChI is InChI=1S/C12H13BrN2O3S2/c1-18-10-4-2-9(3-5-10)6-11-7-14-12(19-11)15-20(16,17)8-13/h2-5,7H,6,8H2,1H3,(H,14,15). The molecule has 0 aliphatic carbocycles. The number of hydrogen-bond donors (Lipinski definition) is 1. The summed E-state index contributed by atoms with van der Waals surface area (Å²) in [6.45, 7) is 0. The van der Waals surface area contributed by atoms with Crippen LogP contribution in [0.2, 0.25) is 0 Å². The molecule has 1 aromatic heterocycles. The number of ether oxygens (including phenoxy) is 1. The average molecular weight is 377 g/mol. The number of thiazole rings is 1. The SMILES string of the molecule is COc1ccc(Cc2cnc(NS(=O)(=O)CBr)s2)cc1. The van der Waals surface area contributed by atoms with Gasteiger partial charge < -0.3 is 4.74 Å². The minimum Gasteiger partial charge on any atom is -0.497 e. The van der Waals surface area contributed by atoms with Crippen LogP contribution in [0.25, 0.3) is 0 Å². The van der Waals surface area contributed by atoms with Crippen LogP contribution in [0.5, 0.6) is 5.75 Å². The zero-order valence-electron chi connectivity index (χ0n) is 10.7. The van der Waals surface area contributed by atoms with Crippen LogP contribution in [0.3, 0.4) is 0 Å². The number of rotatable bonds is 6. The second-order valence-corrected chi connectivity index (χ2v) is 8.12. The van der Waals surface area contributed by atoms with Crippen LogP contribution < -0.4 is 9.46 Å². The molecule has 2 aromatic rings. The molecule has 0 saturated carbocycles. The van der Waals surface area contributed by atoms with Gasteiger partial charge in [0.2, 0.25) is 10.0 Å². The van der Waals surface area contributed by atoms with Gasteiger partial charge in [-0.25, -0.2) is 13.4 Å². The van der Waals surface area contributed by atoms with Crippen LogP contribution in [0, 0.1) is 0 Å². The quantitative estimate of drug-likeness (QED) is 0.787. The Morgan fingerprint density at radius 2 is 2.05 bits per heavy atom. The van der Waals surface area contributed by atoms with Crippen LogP contribution in [-0.2, 0) is 16.4 Å². The minimum atomic E-state index is -3.34. The largest absolute Gasteiger partial charge is 0.497 e. The van der Waals surface area contributed by atoms with E-state index >= 15 is 0 Å². The van der Waals surface area contributed by atoms with Crippen molar-refractivity contribution in [3.8, 4) is 5.75 Å². The number of methoxy groups -OCH3 is 1. The lowest BCUT2D eigenvalue weighted by Gasteiger charge is -2.01. The maximum atomic E-state index is 11.4. The van der Waals surface area contributed by atoms with Gasteiger partial charge in [0.1, 0.15) is 10.4 Å². The Bertz CT molecular complexity index is 668. The van der Waals surface area contributed by atoms with Crippen LogP contribution in [-0.4, -0.2) is 25.2 Å². The zero-order valence-corrected chi connectivity index (χ0v) is 13.9. The van der Waals surface area contributed by atoms with E-state index < -0.39 is 10.0 Å². The van der Waals surface area contributed by atoms with Gasteiger partial charge in [0, 0.05) is 17.5 Å². The molecule has 1 heterocycles. The smallest absolute Gasteiger partial charge is 0.244 e. The first kappa shape index (κ1) is 15.3. The maximum absolute atomic E-state index is 11.4. The highest BCUT2D eigenvalue weighted by atomic mass is 79.9. The maximum Gasteiger partial charge on any atom is 0.244 e. The molecule has 0 amide bonds. The third-order valence-electron chi connectivity index (χ3n) is 2.48. The van der Waals surface area contributed by atoms with Gasteiger partial charge in [0.25, 0.3) is 0 Å². The van der Waals surface area contributed by atoms with E-state index in [4.69, 9.17) is 4.74 Å². The predicted molar refractivity (Wildman–Crippen MR) is 84.3 cm³/mol. The number of nitrogens with one attached hydrogen (secondary N) is 1. The zero-order chi connectivity index (χ0) is 14.6. The Balaban J connectivity index is 2.05. The summed E-state index contributed by atoms with van der Waals surface area (Å²) < 4.78 is 30.2. The number of anilines is 1. The lowest BCUT2D eigenvalue weighted by Crippen LogP contribution is -2.12. The van der Waals surface area contributed by atoms with E-state index in [1.54, 1.807) is 13.3 Å². The Kier molecular flexibility index (Phi) is 5.00. The fourth-order valence-electron chi connectivity index (χ4n) is 1.54. The van der Waals surface area contributed by atoms with Gasteiger partial charge in [-0.1, -0.05) is 28.1 Å². The van der Waals surface area contributed by atoms with Crippen molar-refractivity contribution in [2.45, 2.75) is 6.42 Å². The summed E-state index contributed by atoms with van der Waals surface area (Å²) in [6, 6.07) is 7.73. The molecule has 1 aromatic carbocycles. The van der Waals surface area contributed by atoms with Crippen molar-refractivity contribution in [1.29, 1.82) is 0 Å². The average Bonchev–Trinajstić information content (AvgIpc) is 2.86. The molecule has 8 heteroatoms. The highest BCUT2D eigenvalue weighted by Crippen LogP contribution is 2.23. The molecule has 5 nitrogen and oxygen atoms in total. The topological polar surface area (TPSA) is 68.3 Å². The number of benzene rings is 1. The van der Waals surface area contributed by atoms with Crippen molar-refractivity contribution >= 4 is 42.4 Å². The normalized spacial score (nSPS) is 11.3. The Morgan fingerprint density at radius 3 is 2.65 bits per heavy atom. The molecule has 20 heavy (non-hydrogen) atoms. The molecule has 0 radical (unpaired) electrons. The monoisotopic (exact) mass is 376 g/mol. The first-order valence-electron chi connectivity index (χ1n) is 5.66. The molecule has 0 aliphatic heterocycles. The molecule has 0 aliphatic rings. The van der Waals surface area contributed by atoms with Crippen molar-refractivity contribution in [2.75, 3.05) is 16.5 Å². The summed E-state index contributed by atoms with van der Waals surface area (Å²) in [6.07, 6.45) is 2.39. The Labute approximate surface area is 130 Å². The summed E-state index contributed by atoms with van der Waals surface area (Å²) in [7, 11) is -1.72. The highest BCUT2D eigenvalue weighted by Gasteiger charge is 2.11. The van der Waals surface area contributed by atoms with Gasteiger partial charge in [0.05, 0.1) is 7.11 Å². The Morgan fingerprint density at radius 1 is 1.35 bits per heavy atom. The number of halogens is 1. The summed E-state index contributed by atoms with van der Waals surface area (Å²) in [5.41, 5.74) is 1.12. The molecule has 0 fully saturated rings. The number of hydrogen-bond acceptors (Lipinski definition) is 5. The van der Waals surface area contributed by atoms with Gasteiger partial charge in [-0.2, -0.15) is 0 Å². The van der Waals surface area contributed by atoms with Crippen LogP contribution in [0.1, 0.15) is 10.4 Å². The van der Waals surface area contributed by atoms with Crippen LogP contribution in [0.4, 0.5) is 5.13 Å². The second-order valence-electron chi connectivity index (χ2n) is 3.98. The van der Waals surface area contributed by atoms with Gasteiger partial charge in [-0.05, 0) is 17.7 Å². The lowest BCUT2D eigenvalue weighted by molar-refractivity contribution is 0.414. The van der Waals surface area contributed by atoms with Gasteiger partial charge in [-0.15, -0.1) is 11.3 Å². The van der Waals surface area contributed by atoms with E-state index in [1.165, 1.54) is 11.3 Å². The number of aromatic nitrogens is 1. The first-order valence-corrected chi connectivity index (χ1v) is 9.25. The van der Waals surface area contributed by atoms with E-state index in [9.17, 15) is 8.42 Å². The molecule has 0 bridgehead atoms. The lowest BCUT2D eigenvalue weighted by atomic mass is 10.1. The van der Waals surface area contributed by atoms with E-state index in [2.05, 4.69) is 25.6 Å². The van der Waals surface area contributed by atoms with Gasteiger partial charge >= 0.3 is 0 Å². The number of alkyl halides is 1. The Hall–Kier alpha value is -1.12. The third kappa shape index (κ3) is 4.19. The number of sulfonamides is 1. The molecular formula is C12H13BrN2O3S2. The number of nitrogens with zero attached hydrogens (tertiary/aromatic N) is 1. The molecular weight excluding hydrogens is 364 g/mol. The molecule has 0 unspecified atom stereocenters. The van der Waals surface area contributed by atoms with Gasteiger partial charge in [-0.3, -0.25) is 4.72 Å². The van der Waals surface area contributed by atoms with Crippen molar-refractivity contribution in [3.05, 3.63) is 40.9 Å². The van der Waals surface area contributed by atoms with E-state index in [0.29, 0.717) is 11.6 Å². The van der Waals surface area contributed by atoms with Crippen molar-refractivity contribution in [3.63, 3.8) is 0 Å². The highest BCUT2D eigenvalue weighted by molar-refractivity contribution is 9.10.